The number of esters is 1. The summed E-state index contributed by atoms with van der Waals surface area (Å²) in [4.78, 5) is 20.6. The Morgan fingerprint density at radius 2 is 2.11 bits per heavy atom. The van der Waals surface area contributed by atoms with Gasteiger partial charge in [0.15, 0.2) is 5.75 Å². The minimum Gasteiger partial charge on any atom is -0.465 e. The van der Waals surface area contributed by atoms with Crippen molar-refractivity contribution in [2.24, 2.45) is 5.90 Å². The highest BCUT2D eigenvalue weighted by Gasteiger charge is 2.19. The van der Waals surface area contributed by atoms with Crippen LogP contribution in [0.5, 0.6) is 5.75 Å². The van der Waals surface area contributed by atoms with Crippen molar-refractivity contribution in [2.75, 3.05) is 7.11 Å². The normalized spacial score (nSPS) is 10.1. The van der Waals surface area contributed by atoms with E-state index in [-0.39, 0.29) is 11.3 Å². The lowest BCUT2D eigenvalue weighted by Gasteiger charge is -2.11. The number of hydrogen-bond donors (Lipinski definition) is 1. The first-order valence-corrected chi connectivity index (χ1v) is 5.75. The van der Waals surface area contributed by atoms with E-state index in [0.717, 1.165) is 0 Å². The van der Waals surface area contributed by atoms with Gasteiger partial charge >= 0.3 is 5.97 Å². The Morgan fingerprint density at radius 3 is 2.74 bits per heavy atom. The standard InChI is InChI=1S/C13H11ClN2O3/c1-18-13(17)9-5-2-4-8(12(9)19-15)11-10(14)6-3-7-16-11/h2-7H,15H2,1H3. The number of carbonyl (C=O) groups excluding carboxylic acids is 1. The molecule has 1 aromatic carbocycles. The predicted molar refractivity (Wildman–Crippen MR) is 70.8 cm³/mol. The highest BCUT2D eigenvalue weighted by atomic mass is 35.5. The summed E-state index contributed by atoms with van der Waals surface area (Å²) in [6.07, 6.45) is 1.59. The topological polar surface area (TPSA) is 74.4 Å². The van der Waals surface area contributed by atoms with Crippen molar-refractivity contribution >= 4 is 17.6 Å². The van der Waals surface area contributed by atoms with Gasteiger partial charge in [-0.05, 0) is 24.3 Å². The number of ether oxygens (including phenoxy) is 1. The average molecular weight is 279 g/mol. The molecule has 0 aliphatic heterocycles. The molecule has 0 bridgehead atoms. The van der Waals surface area contributed by atoms with Gasteiger partial charge in [-0.1, -0.05) is 17.7 Å². The van der Waals surface area contributed by atoms with Crippen LogP contribution in [0.3, 0.4) is 0 Å². The van der Waals surface area contributed by atoms with E-state index in [1.54, 1.807) is 36.5 Å². The Hall–Kier alpha value is -2.11. The van der Waals surface area contributed by atoms with E-state index >= 15 is 0 Å². The van der Waals surface area contributed by atoms with Gasteiger partial charge in [0, 0.05) is 11.8 Å². The molecule has 0 aliphatic rings. The molecule has 0 saturated heterocycles. The molecule has 98 valence electrons. The molecule has 0 saturated carbocycles. The van der Waals surface area contributed by atoms with Gasteiger partial charge in [-0.25, -0.2) is 4.79 Å². The number of para-hydroxylation sites is 1. The molecule has 0 atom stereocenters. The number of aromatic nitrogens is 1. The molecule has 5 nitrogen and oxygen atoms in total. The Labute approximate surface area is 114 Å². The predicted octanol–water partition coefficient (Wildman–Crippen LogP) is 2.44. The molecule has 19 heavy (non-hydrogen) atoms. The first kappa shape index (κ1) is 13.3. The van der Waals surface area contributed by atoms with Crippen LogP contribution in [0.4, 0.5) is 0 Å². The highest BCUT2D eigenvalue weighted by molar-refractivity contribution is 6.33. The van der Waals surface area contributed by atoms with Crippen LogP contribution in [0.1, 0.15) is 10.4 Å². The maximum Gasteiger partial charge on any atom is 0.341 e. The molecular formula is C13H11ClN2O3. The molecule has 0 spiro atoms. The third-order valence-electron chi connectivity index (χ3n) is 2.55. The minimum atomic E-state index is -0.547. The molecule has 0 unspecified atom stereocenters. The Balaban J connectivity index is 2.65. The van der Waals surface area contributed by atoms with Crippen molar-refractivity contribution in [3.63, 3.8) is 0 Å². The highest BCUT2D eigenvalue weighted by Crippen LogP contribution is 2.35. The van der Waals surface area contributed by atoms with Gasteiger partial charge in [0.05, 0.1) is 17.8 Å². The molecule has 0 radical (unpaired) electrons. The average Bonchev–Trinajstić information content (AvgIpc) is 2.46. The molecular weight excluding hydrogens is 268 g/mol. The van der Waals surface area contributed by atoms with E-state index in [9.17, 15) is 4.79 Å². The maximum atomic E-state index is 11.7. The molecule has 2 N–H and O–H groups in total. The number of nitrogens with two attached hydrogens (primary N) is 1. The van der Waals surface area contributed by atoms with E-state index < -0.39 is 5.97 Å². The maximum absolute atomic E-state index is 11.7. The number of benzene rings is 1. The van der Waals surface area contributed by atoms with Gasteiger partial charge in [-0.3, -0.25) is 4.98 Å². The summed E-state index contributed by atoms with van der Waals surface area (Å²) in [6.45, 7) is 0. The largest absolute Gasteiger partial charge is 0.465 e. The minimum absolute atomic E-state index is 0.176. The Morgan fingerprint density at radius 1 is 1.32 bits per heavy atom. The quantitative estimate of drug-likeness (QED) is 0.689. The zero-order chi connectivity index (χ0) is 13.8. The van der Waals surface area contributed by atoms with Crippen molar-refractivity contribution in [3.05, 3.63) is 47.1 Å². The van der Waals surface area contributed by atoms with Crippen molar-refractivity contribution in [2.45, 2.75) is 0 Å². The van der Waals surface area contributed by atoms with E-state index in [0.29, 0.717) is 16.3 Å². The molecule has 0 amide bonds. The molecule has 0 aliphatic carbocycles. The van der Waals surface area contributed by atoms with Crippen LogP contribution in [0.25, 0.3) is 11.3 Å². The van der Waals surface area contributed by atoms with Crippen LogP contribution in [-0.4, -0.2) is 18.1 Å². The number of carbonyl (C=O) groups is 1. The van der Waals surface area contributed by atoms with Crippen LogP contribution in [0, 0.1) is 0 Å². The van der Waals surface area contributed by atoms with Gasteiger partial charge in [0.25, 0.3) is 0 Å². The monoisotopic (exact) mass is 278 g/mol. The third kappa shape index (κ3) is 2.52. The molecule has 0 fully saturated rings. The summed E-state index contributed by atoms with van der Waals surface area (Å²) in [5.74, 6) is 4.88. The van der Waals surface area contributed by atoms with E-state index in [1.807, 2.05) is 0 Å². The van der Waals surface area contributed by atoms with Gasteiger partial charge in [0.2, 0.25) is 0 Å². The first-order chi connectivity index (χ1) is 9.19. The smallest absolute Gasteiger partial charge is 0.341 e. The number of rotatable bonds is 3. The number of nitrogens with zero attached hydrogens (tertiary/aromatic N) is 1. The lowest BCUT2D eigenvalue weighted by atomic mass is 10.1. The second kappa shape index (κ2) is 5.69. The Kier molecular flexibility index (Phi) is 3.99. The summed E-state index contributed by atoms with van der Waals surface area (Å²) in [7, 11) is 1.28. The second-order valence-corrected chi connectivity index (χ2v) is 4.03. The SMILES string of the molecule is COC(=O)c1cccc(-c2ncccc2Cl)c1ON. The van der Waals surface area contributed by atoms with Gasteiger partial charge in [0.1, 0.15) is 5.56 Å². The Bertz CT molecular complexity index is 617. The van der Waals surface area contributed by atoms with Crippen molar-refractivity contribution in [3.8, 4) is 17.0 Å². The summed E-state index contributed by atoms with van der Waals surface area (Å²) in [5, 5.41) is 0.433. The number of halogens is 1. The van der Waals surface area contributed by atoms with Crippen LogP contribution < -0.4 is 10.7 Å². The fraction of sp³-hybridized carbons (Fsp3) is 0.0769. The van der Waals surface area contributed by atoms with Crippen LogP contribution in [-0.2, 0) is 4.74 Å². The lowest BCUT2D eigenvalue weighted by molar-refractivity contribution is 0.0596. The fourth-order valence-electron chi connectivity index (χ4n) is 1.71. The number of methoxy groups -OCH3 is 1. The molecule has 2 rings (SSSR count). The summed E-state index contributed by atoms with van der Waals surface area (Å²) in [6, 6.07) is 8.33. The van der Waals surface area contributed by atoms with Crippen LogP contribution >= 0.6 is 11.6 Å². The molecule has 1 heterocycles. The zero-order valence-electron chi connectivity index (χ0n) is 10.1. The first-order valence-electron chi connectivity index (χ1n) is 5.38. The van der Waals surface area contributed by atoms with E-state index in [1.165, 1.54) is 7.11 Å². The molecule has 1 aromatic heterocycles. The number of hydrogen-bond acceptors (Lipinski definition) is 5. The van der Waals surface area contributed by atoms with Gasteiger partial charge < -0.3 is 9.57 Å². The van der Waals surface area contributed by atoms with Gasteiger partial charge in [-0.15, -0.1) is 0 Å². The zero-order valence-corrected chi connectivity index (χ0v) is 10.8. The van der Waals surface area contributed by atoms with E-state index in [2.05, 4.69) is 9.72 Å². The van der Waals surface area contributed by atoms with Crippen molar-refractivity contribution in [1.29, 1.82) is 0 Å². The summed E-state index contributed by atoms with van der Waals surface area (Å²) < 4.78 is 4.67. The van der Waals surface area contributed by atoms with Crippen LogP contribution in [0.15, 0.2) is 36.5 Å². The van der Waals surface area contributed by atoms with Gasteiger partial charge in [-0.2, -0.15) is 5.90 Å². The third-order valence-corrected chi connectivity index (χ3v) is 2.86. The summed E-state index contributed by atoms with van der Waals surface area (Å²) in [5.41, 5.74) is 1.22. The van der Waals surface area contributed by atoms with Crippen LogP contribution in [0.2, 0.25) is 5.02 Å². The molecule has 2 aromatic rings. The summed E-state index contributed by atoms with van der Waals surface area (Å²) >= 11 is 6.08. The van der Waals surface area contributed by atoms with Crippen molar-refractivity contribution < 1.29 is 14.4 Å². The number of pyridine rings is 1. The second-order valence-electron chi connectivity index (χ2n) is 3.63. The molecule has 6 heteroatoms. The van der Waals surface area contributed by atoms with E-state index in [4.69, 9.17) is 22.3 Å². The van der Waals surface area contributed by atoms with Crippen molar-refractivity contribution in [1.82, 2.24) is 4.98 Å². The lowest BCUT2D eigenvalue weighted by Crippen LogP contribution is -2.11. The fourth-order valence-corrected chi connectivity index (χ4v) is 1.93.